The Bertz CT molecular complexity index is 768. The van der Waals surface area contributed by atoms with Gasteiger partial charge in [-0.3, -0.25) is 14.4 Å². The molecule has 2 N–H and O–H groups in total. The smallest absolute Gasteiger partial charge is 0.311 e. The molecule has 2 saturated heterocycles. The lowest BCUT2D eigenvalue weighted by molar-refractivity contribution is -0.157. The van der Waals surface area contributed by atoms with E-state index < -0.39 is 16.8 Å². The van der Waals surface area contributed by atoms with E-state index in [4.69, 9.17) is 4.74 Å². The number of benzene rings is 1. The molecule has 1 aromatic carbocycles. The normalized spacial score (nSPS) is 24.5. The summed E-state index contributed by atoms with van der Waals surface area (Å²) in [6, 6.07) is 7.09. The summed E-state index contributed by atoms with van der Waals surface area (Å²) in [5.41, 5.74) is 0.0720. The molecule has 1 aromatic rings. The Morgan fingerprint density at radius 3 is 2.50 bits per heavy atom. The van der Waals surface area contributed by atoms with Crippen LogP contribution in [0.2, 0.25) is 0 Å². The second-order valence-electron chi connectivity index (χ2n) is 8.80. The van der Waals surface area contributed by atoms with Crippen LogP contribution in [0.25, 0.3) is 0 Å². The molecule has 0 radical (unpaired) electrons. The topological polar surface area (TPSA) is 95.9 Å². The number of rotatable bonds is 4. The van der Waals surface area contributed by atoms with E-state index >= 15 is 0 Å². The van der Waals surface area contributed by atoms with Crippen molar-refractivity contribution in [1.82, 2.24) is 10.2 Å². The molecule has 2 atom stereocenters. The average molecular weight is 388 g/mol. The lowest BCUT2D eigenvalue weighted by atomic mass is 9.74. The van der Waals surface area contributed by atoms with Crippen LogP contribution in [-0.4, -0.2) is 54.1 Å². The van der Waals surface area contributed by atoms with E-state index in [1.54, 1.807) is 17.0 Å². The van der Waals surface area contributed by atoms with E-state index in [1.807, 2.05) is 32.9 Å². The van der Waals surface area contributed by atoms with Crippen molar-refractivity contribution in [3.05, 3.63) is 35.4 Å². The number of amides is 2. The molecule has 0 aromatic heterocycles. The number of carbonyl (C=O) groups excluding carboxylic acids is 2. The molecular weight excluding hydrogens is 360 g/mol. The summed E-state index contributed by atoms with van der Waals surface area (Å²) in [6.45, 7) is 7.37. The van der Waals surface area contributed by atoms with Crippen LogP contribution in [0.1, 0.15) is 43.1 Å². The Kier molecular flexibility index (Phi) is 5.48. The summed E-state index contributed by atoms with van der Waals surface area (Å²) < 4.78 is 5.44. The molecule has 2 aliphatic rings. The average Bonchev–Trinajstić information content (AvgIpc) is 3.06. The number of carbonyl (C=O) groups is 3. The number of likely N-dealkylation sites (tertiary alicyclic amines) is 1. The number of nitrogens with one attached hydrogen (secondary N) is 1. The lowest BCUT2D eigenvalue weighted by Gasteiger charge is -2.33. The van der Waals surface area contributed by atoms with Crippen molar-refractivity contribution in [2.75, 3.05) is 26.3 Å². The van der Waals surface area contributed by atoms with Gasteiger partial charge in [-0.25, -0.2) is 0 Å². The van der Waals surface area contributed by atoms with Crippen LogP contribution in [0.5, 0.6) is 0 Å². The van der Waals surface area contributed by atoms with Gasteiger partial charge in [0.25, 0.3) is 5.91 Å². The Balaban J connectivity index is 1.65. The van der Waals surface area contributed by atoms with Gasteiger partial charge in [0, 0.05) is 43.1 Å². The molecular formula is C21H28N2O5. The third kappa shape index (κ3) is 3.90. The first-order valence-electron chi connectivity index (χ1n) is 9.61. The second-order valence-corrected chi connectivity index (χ2v) is 8.80. The van der Waals surface area contributed by atoms with Crippen LogP contribution in [0.15, 0.2) is 24.3 Å². The van der Waals surface area contributed by atoms with Crippen molar-refractivity contribution in [3.8, 4) is 0 Å². The third-order valence-electron chi connectivity index (χ3n) is 5.76. The summed E-state index contributed by atoms with van der Waals surface area (Å²) in [5.74, 6) is -1.22. The van der Waals surface area contributed by atoms with Gasteiger partial charge < -0.3 is 20.1 Å². The molecule has 0 aliphatic carbocycles. The van der Waals surface area contributed by atoms with Crippen LogP contribution < -0.4 is 5.32 Å². The SMILES string of the molecule is CC(C)(C)C(=O)NCc1ccc(C(=O)N2C[C@H]3COCC[C@@]3(C(=O)O)C2)cc1. The number of fused-ring (bicyclic) bond motifs is 1. The van der Waals surface area contributed by atoms with Crippen LogP contribution >= 0.6 is 0 Å². The fraction of sp³-hybridized carbons (Fsp3) is 0.571. The molecule has 3 rings (SSSR count). The van der Waals surface area contributed by atoms with E-state index in [9.17, 15) is 19.5 Å². The quantitative estimate of drug-likeness (QED) is 0.821. The van der Waals surface area contributed by atoms with Gasteiger partial charge in [0.05, 0.1) is 12.0 Å². The summed E-state index contributed by atoms with van der Waals surface area (Å²) in [4.78, 5) is 38.4. The predicted molar refractivity (Wildman–Crippen MR) is 103 cm³/mol. The van der Waals surface area contributed by atoms with Gasteiger partial charge in [-0.2, -0.15) is 0 Å². The largest absolute Gasteiger partial charge is 0.481 e. The van der Waals surface area contributed by atoms with Gasteiger partial charge in [0.2, 0.25) is 5.91 Å². The van der Waals surface area contributed by atoms with E-state index in [2.05, 4.69) is 5.32 Å². The van der Waals surface area contributed by atoms with Gasteiger partial charge in [0.15, 0.2) is 0 Å². The van der Waals surface area contributed by atoms with Crippen LogP contribution in [0, 0.1) is 16.7 Å². The number of carboxylic acid groups (broad SMARTS) is 1. The first kappa shape index (κ1) is 20.3. The van der Waals surface area contributed by atoms with Crippen molar-refractivity contribution >= 4 is 17.8 Å². The summed E-state index contributed by atoms with van der Waals surface area (Å²) in [5, 5.41) is 12.6. The first-order valence-corrected chi connectivity index (χ1v) is 9.61. The third-order valence-corrected chi connectivity index (χ3v) is 5.76. The number of hydrogen-bond donors (Lipinski definition) is 2. The Labute approximate surface area is 165 Å². The molecule has 2 fully saturated rings. The van der Waals surface area contributed by atoms with Crippen molar-refractivity contribution in [2.45, 2.75) is 33.7 Å². The molecule has 2 amide bonds. The van der Waals surface area contributed by atoms with Crippen LogP contribution in [0.3, 0.4) is 0 Å². The minimum Gasteiger partial charge on any atom is -0.481 e. The highest BCUT2D eigenvalue weighted by atomic mass is 16.5. The Morgan fingerprint density at radius 2 is 1.93 bits per heavy atom. The Hall–Kier alpha value is -2.41. The highest BCUT2D eigenvalue weighted by Gasteiger charge is 2.54. The van der Waals surface area contributed by atoms with E-state index in [1.165, 1.54) is 0 Å². The maximum atomic E-state index is 12.9. The standard InChI is InChI=1S/C21H28N2O5/c1-20(2,3)18(25)22-10-14-4-6-15(7-5-14)17(24)23-11-16-12-28-9-8-21(16,13-23)19(26)27/h4-7,16H,8-13H2,1-3H3,(H,22,25)(H,26,27)/t16-,21+/m0/s1. The molecule has 152 valence electrons. The van der Waals surface area contributed by atoms with Crippen LogP contribution in [-0.2, 0) is 20.9 Å². The number of ether oxygens (including phenoxy) is 1. The van der Waals surface area contributed by atoms with E-state index in [0.29, 0.717) is 38.3 Å². The Morgan fingerprint density at radius 1 is 1.25 bits per heavy atom. The summed E-state index contributed by atoms with van der Waals surface area (Å²) in [6.07, 6.45) is 0.434. The van der Waals surface area contributed by atoms with E-state index in [0.717, 1.165) is 5.56 Å². The molecule has 0 unspecified atom stereocenters. The zero-order valence-electron chi connectivity index (χ0n) is 16.7. The molecule has 0 saturated carbocycles. The van der Waals surface area contributed by atoms with Crippen molar-refractivity contribution in [3.63, 3.8) is 0 Å². The molecule has 2 aliphatic heterocycles. The molecule has 2 heterocycles. The minimum absolute atomic E-state index is 0.0338. The summed E-state index contributed by atoms with van der Waals surface area (Å²) in [7, 11) is 0. The molecule has 0 bridgehead atoms. The maximum Gasteiger partial charge on any atom is 0.311 e. The number of nitrogens with zero attached hydrogens (tertiary/aromatic N) is 1. The van der Waals surface area contributed by atoms with Gasteiger partial charge in [-0.1, -0.05) is 32.9 Å². The van der Waals surface area contributed by atoms with Crippen LogP contribution in [0.4, 0.5) is 0 Å². The zero-order valence-corrected chi connectivity index (χ0v) is 16.7. The number of hydrogen-bond acceptors (Lipinski definition) is 4. The fourth-order valence-corrected chi connectivity index (χ4v) is 3.85. The molecule has 28 heavy (non-hydrogen) atoms. The van der Waals surface area contributed by atoms with Gasteiger partial charge in [-0.05, 0) is 24.1 Å². The monoisotopic (exact) mass is 388 g/mol. The maximum absolute atomic E-state index is 12.9. The number of carboxylic acids is 1. The van der Waals surface area contributed by atoms with E-state index in [-0.39, 0.29) is 24.3 Å². The lowest BCUT2D eigenvalue weighted by Crippen LogP contribution is -2.45. The van der Waals surface area contributed by atoms with Crippen molar-refractivity contribution in [1.29, 1.82) is 0 Å². The molecule has 7 nitrogen and oxygen atoms in total. The zero-order chi connectivity index (χ0) is 20.5. The highest BCUT2D eigenvalue weighted by molar-refractivity contribution is 5.95. The fourth-order valence-electron chi connectivity index (χ4n) is 3.85. The predicted octanol–water partition coefficient (Wildman–Crippen LogP) is 1.91. The summed E-state index contributed by atoms with van der Waals surface area (Å²) >= 11 is 0. The number of aliphatic carboxylic acids is 1. The van der Waals surface area contributed by atoms with Gasteiger partial charge in [-0.15, -0.1) is 0 Å². The van der Waals surface area contributed by atoms with Crippen molar-refractivity contribution in [2.24, 2.45) is 16.7 Å². The van der Waals surface area contributed by atoms with Crippen molar-refractivity contribution < 1.29 is 24.2 Å². The molecule has 0 spiro atoms. The first-order chi connectivity index (χ1) is 13.1. The van der Waals surface area contributed by atoms with Gasteiger partial charge >= 0.3 is 5.97 Å². The highest BCUT2D eigenvalue weighted by Crippen LogP contribution is 2.42. The van der Waals surface area contributed by atoms with Gasteiger partial charge in [0.1, 0.15) is 0 Å². The minimum atomic E-state index is -0.898. The second kappa shape index (κ2) is 7.54. The molecule has 7 heteroatoms.